The molecule has 0 aromatic heterocycles. The molecular formula is C17H16BrNO4. The fraction of sp³-hybridized carbons (Fsp3) is 0.412. The van der Waals surface area contributed by atoms with Crippen molar-refractivity contribution in [2.75, 3.05) is 6.54 Å². The van der Waals surface area contributed by atoms with Gasteiger partial charge in [-0.25, -0.2) is 0 Å². The minimum Gasteiger partial charge on any atom is -0.481 e. The van der Waals surface area contributed by atoms with Crippen LogP contribution in [0.2, 0.25) is 0 Å². The van der Waals surface area contributed by atoms with Crippen LogP contribution in [0.4, 0.5) is 0 Å². The maximum atomic E-state index is 12.9. The number of hydrogen-bond donors (Lipinski definition) is 1. The van der Waals surface area contributed by atoms with Crippen molar-refractivity contribution in [1.29, 1.82) is 0 Å². The van der Waals surface area contributed by atoms with E-state index >= 15 is 0 Å². The third-order valence-corrected chi connectivity index (χ3v) is 5.76. The van der Waals surface area contributed by atoms with E-state index in [1.807, 2.05) is 37.3 Å². The van der Waals surface area contributed by atoms with Crippen LogP contribution in [-0.4, -0.2) is 40.1 Å². The van der Waals surface area contributed by atoms with E-state index < -0.39 is 29.5 Å². The number of hydrogen-bond acceptors (Lipinski definition) is 3. The zero-order valence-corrected chi connectivity index (χ0v) is 14.1. The highest BCUT2D eigenvalue weighted by molar-refractivity contribution is 9.10. The van der Waals surface area contributed by atoms with Gasteiger partial charge in [0.1, 0.15) is 11.5 Å². The van der Waals surface area contributed by atoms with E-state index in [1.165, 1.54) is 0 Å². The summed E-state index contributed by atoms with van der Waals surface area (Å²) in [4.78, 5) is 26.2. The molecule has 4 rings (SSSR count). The Morgan fingerprint density at radius 1 is 1.43 bits per heavy atom. The number of nitrogens with zero attached hydrogens (tertiary/aromatic N) is 1. The third kappa shape index (κ3) is 2.01. The summed E-state index contributed by atoms with van der Waals surface area (Å²) < 4.78 is 6.88. The molecule has 2 bridgehead atoms. The molecule has 3 aliphatic heterocycles. The van der Waals surface area contributed by atoms with Crippen LogP contribution >= 0.6 is 15.9 Å². The Labute approximate surface area is 142 Å². The minimum absolute atomic E-state index is 0.124. The van der Waals surface area contributed by atoms with Crippen molar-refractivity contribution in [3.05, 3.63) is 46.5 Å². The van der Waals surface area contributed by atoms with Crippen LogP contribution in [0.3, 0.4) is 0 Å². The molecule has 3 heterocycles. The third-order valence-electron chi connectivity index (χ3n) is 5.23. The van der Waals surface area contributed by atoms with Crippen LogP contribution in [-0.2, 0) is 14.3 Å². The lowest BCUT2D eigenvalue weighted by Crippen LogP contribution is -2.39. The molecule has 3 aliphatic rings. The van der Waals surface area contributed by atoms with Crippen molar-refractivity contribution in [2.24, 2.45) is 11.8 Å². The van der Waals surface area contributed by atoms with Crippen molar-refractivity contribution in [2.45, 2.75) is 24.7 Å². The van der Waals surface area contributed by atoms with Gasteiger partial charge in [-0.15, -0.1) is 0 Å². The second-order valence-corrected chi connectivity index (χ2v) is 7.35. The largest absolute Gasteiger partial charge is 0.481 e. The number of amides is 1. The summed E-state index contributed by atoms with van der Waals surface area (Å²) in [6, 6.07) is 7.69. The molecule has 1 spiro atoms. The molecule has 2 saturated heterocycles. The number of likely N-dealkylation sites (tertiary alicyclic amines) is 1. The van der Waals surface area contributed by atoms with Crippen LogP contribution in [0.25, 0.3) is 0 Å². The highest BCUT2D eigenvalue weighted by Gasteiger charge is 2.67. The molecule has 0 radical (unpaired) electrons. The molecule has 23 heavy (non-hydrogen) atoms. The summed E-state index contributed by atoms with van der Waals surface area (Å²) >= 11 is 3.40. The Morgan fingerprint density at radius 2 is 2.13 bits per heavy atom. The van der Waals surface area contributed by atoms with Crippen LogP contribution < -0.4 is 0 Å². The lowest BCUT2D eigenvalue weighted by molar-refractivity contribution is -0.148. The topological polar surface area (TPSA) is 66.8 Å². The van der Waals surface area contributed by atoms with E-state index in [9.17, 15) is 14.7 Å². The number of fused-ring (bicyclic) bond motifs is 1. The minimum atomic E-state index is -0.960. The van der Waals surface area contributed by atoms with E-state index in [1.54, 1.807) is 11.0 Å². The Kier molecular flexibility index (Phi) is 3.19. The SMILES string of the molecule is C[C@H](c1ccc(Br)cc1)N1C[C@@]23C=C[C@H](O2)[C@@H](C(=O)O)[C@H]3C1=O. The number of ether oxygens (including phenoxy) is 1. The van der Waals surface area contributed by atoms with Gasteiger partial charge in [-0.2, -0.15) is 0 Å². The van der Waals surface area contributed by atoms with Gasteiger partial charge >= 0.3 is 5.97 Å². The first kappa shape index (κ1) is 14.9. The fourth-order valence-electron chi connectivity index (χ4n) is 4.06. The van der Waals surface area contributed by atoms with Gasteiger partial charge in [0.25, 0.3) is 0 Å². The number of benzene rings is 1. The number of halogens is 1. The molecule has 120 valence electrons. The number of carbonyl (C=O) groups excluding carboxylic acids is 1. The first-order valence-corrected chi connectivity index (χ1v) is 8.38. The maximum Gasteiger partial charge on any atom is 0.310 e. The van der Waals surface area contributed by atoms with Crippen LogP contribution in [0.15, 0.2) is 40.9 Å². The molecule has 0 unspecified atom stereocenters. The second-order valence-electron chi connectivity index (χ2n) is 6.43. The molecule has 0 saturated carbocycles. The molecule has 2 fully saturated rings. The molecule has 6 heteroatoms. The zero-order valence-electron chi connectivity index (χ0n) is 12.5. The molecular weight excluding hydrogens is 362 g/mol. The molecule has 5 atom stereocenters. The number of carbonyl (C=O) groups is 2. The molecule has 1 aromatic rings. The van der Waals surface area contributed by atoms with E-state index in [0.29, 0.717) is 6.54 Å². The number of carboxylic acid groups (broad SMARTS) is 1. The summed E-state index contributed by atoms with van der Waals surface area (Å²) in [5, 5.41) is 9.48. The number of carboxylic acids is 1. The van der Waals surface area contributed by atoms with E-state index in [-0.39, 0.29) is 11.9 Å². The zero-order chi connectivity index (χ0) is 16.4. The Balaban J connectivity index is 1.66. The van der Waals surface area contributed by atoms with Crippen LogP contribution in [0.1, 0.15) is 18.5 Å². The number of aliphatic carboxylic acids is 1. The molecule has 5 nitrogen and oxygen atoms in total. The predicted molar refractivity (Wildman–Crippen MR) is 85.6 cm³/mol. The van der Waals surface area contributed by atoms with E-state index in [4.69, 9.17) is 4.74 Å². The molecule has 1 aromatic carbocycles. The molecule has 0 aliphatic carbocycles. The van der Waals surface area contributed by atoms with E-state index in [0.717, 1.165) is 10.0 Å². The highest BCUT2D eigenvalue weighted by Crippen LogP contribution is 2.53. The van der Waals surface area contributed by atoms with Gasteiger partial charge in [-0.3, -0.25) is 9.59 Å². The van der Waals surface area contributed by atoms with Gasteiger partial charge in [0.2, 0.25) is 5.91 Å². The summed E-state index contributed by atoms with van der Waals surface area (Å²) in [6.45, 7) is 2.37. The van der Waals surface area contributed by atoms with Gasteiger partial charge in [-0.05, 0) is 24.6 Å². The van der Waals surface area contributed by atoms with Gasteiger partial charge in [-0.1, -0.05) is 40.2 Å². The van der Waals surface area contributed by atoms with Crippen molar-refractivity contribution < 1.29 is 19.4 Å². The monoisotopic (exact) mass is 377 g/mol. The van der Waals surface area contributed by atoms with Gasteiger partial charge in [0.05, 0.1) is 24.6 Å². The van der Waals surface area contributed by atoms with Crippen molar-refractivity contribution >= 4 is 27.8 Å². The fourth-order valence-corrected chi connectivity index (χ4v) is 4.32. The van der Waals surface area contributed by atoms with E-state index in [2.05, 4.69) is 15.9 Å². The van der Waals surface area contributed by atoms with Crippen molar-refractivity contribution in [3.63, 3.8) is 0 Å². The molecule has 1 N–H and O–H groups in total. The van der Waals surface area contributed by atoms with Crippen molar-refractivity contribution in [1.82, 2.24) is 4.90 Å². The lowest BCUT2D eigenvalue weighted by atomic mass is 9.77. The average Bonchev–Trinajstić information content (AvgIpc) is 3.15. The van der Waals surface area contributed by atoms with Gasteiger partial charge in [0.15, 0.2) is 0 Å². The molecule has 1 amide bonds. The Hall–Kier alpha value is -1.66. The first-order valence-electron chi connectivity index (χ1n) is 7.59. The number of rotatable bonds is 3. The summed E-state index contributed by atoms with van der Waals surface area (Å²) in [5.41, 5.74) is 0.248. The van der Waals surface area contributed by atoms with Gasteiger partial charge < -0.3 is 14.7 Å². The standard InChI is InChI=1S/C17H16BrNO4/c1-9(10-2-4-11(18)5-3-10)19-8-17-7-6-12(23-17)13(16(21)22)14(17)15(19)20/h2-7,9,12-14H,8H2,1H3,(H,21,22)/t9-,12+,13-,14+,17-/m1/s1. The second kappa shape index (κ2) is 4.92. The quantitative estimate of drug-likeness (QED) is 0.821. The van der Waals surface area contributed by atoms with Crippen molar-refractivity contribution in [3.8, 4) is 0 Å². The van der Waals surface area contributed by atoms with Crippen LogP contribution in [0.5, 0.6) is 0 Å². The maximum absolute atomic E-state index is 12.9. The summed E-state index contributed by atoms with van der Waals surface area (Å²) in [5.74, 6) is -2.49. The lowest BCUT2D eigenvalue weighted by Gasteiger charge is -2.27. The predicted octanol–water partition coefficient (Wildman–Crippen LogP) is 2.38. The Bertz CT molecular complexity index is 716. The normalized spacial score (nSPS) is 35.7. The average molecular weight is 378 g/mol. The summed E-state index contributed by atoms with van der Waals surface area (Å²) in [7, 11) is 0. The first-order chi connectivity index (χ1) is 10.9. The summed E-state index contributed by atoms with van der Waals surface area (Å²) in [6.07, 6.45) is 3.19. The van der Waals surface area contributed by atoms with Gasteiger partial charge in [0, 0.05) is 4.47 Å². The van der Waals surface area contributed by atoms with Crippen LogP contribution in [0, 0.1) is 11.8 Å². The Morgan fingerprint density at radius 3 is 2.78 bits per heavy atom. The smallest absolute Gasteiger partial charge is 0.310 e. The highest BCUT2D eigenvalue weighted by atomic mass is 79.9.